The zero-order valence-corrected chi connectivity index (χ0v) is 12.3. The number of rotatable bonds is 6. The van der Waals surface area contributed by atoms with E-state index in [0.29, 0.717) is 0 Å². The van der Waals surface area contributed by atoms with Crippen molar-refractivity contribution in [2.24, 2.45) is 0 Å². The number of ether oxygens (including phenoxy) is 1. The van der Waals surface area contributed by atoms with Crippen molar-refractivity contribution in [1.29, 1.82) is 0 Å². The maximum Gasteiger partial charge on any atom is 0.339 e. The molecule has 0 heterocycles. The number of hydrogen-bond acceptors (Lipinski definition) is 5. The smallest absolute Gasteiger partial charge is 0.339 e. The summed E-state index contributed by atoms with van der Waals surface area (Å²) in [4.78, 5) is 11.1. The van der Waals surface area contributed by atoms with Crippen LogP contribution in [0, 0.1) is 5.82 Å². The van der Waals surface area contributed by atoms with Crippen molar-refractivity contribution < 1.29 is 22.3 Å². The minimum atomic E-state index is -4.00. The predicted molar refractivity (Wildman–Crippen MR) is 71.4 cm³/mol. The van der Waals surface area contributed by atoms with Gasteiger partial charge in [-0.05, 0) is 32.2 Å². The maximum atomic E-state index is 13.3. The molecule has 0 amide bonds. The second kappa shape index (κ2) is 6.78. The van der Waals surface area contributed by atoms with Gasteiger partial charge in [-0.1, -0.05) is 0 Å². The molecule has 1 aromatic carbocycles. The monoisotopic (exact) mass is 304 g/mol. The number of nitrogens with one attached hydrogen (secondary N) is 2. The summed E-state index contributed by atoms with van der Waals surface area (Å²) in [5.74, 6) is -1.59. The highest BCUT2D eigenvalue weighted by molar-refractivity contribution is 7.89. The molecule has 0 saturated carbocycles. The van der Waals surface area contributed by atoms with E-state index < -0.39 is 26.7 Å². The average Bonchev–Trinajstić information content (AvgIpc) is 2.43. The van der Waals surface area contributed by atoms with Gasteiger partial charge in [-0.15, -0.1) is 0 Å². The van der Waals surface area contributed by atoms with Gasteiger partial charge in [0, 0.05) is 12.6 Å². The van der Waals surface area contributed by atoms with Crippen molar-refractivity contribution in [3.8, 4) is 0 Å². The van der Waals surface area contributed by atoms with Gasteiger partial charge in [0.15, 0.2) is 0 Å². The Bertz CT molecular complexity index is 589. The summed E-state index contributed by atoms with van der Waals surface area (Å²) in [5.41, 5.74) is -0.210. The SMILES string of the molecule is CNC(C)CNS(=O)(=O)c1cc(F)ccc1C(=O)OC. The number of halogens is 1. The highest BCUT2D eigenvalue weighted by atomic mass is 32.2. The Kier molecular flexibility index (Phi) is 5.61. The number of likely N-dealkylation sites (N-methyl/N-ethyl adjacent to an activating group) is 1. The number of hydrogen-bond donors (Lipinski definition) is 2. The molecule has 1 aromatic rings. The van der Waals surface area contributed by atoms with E-state index in [2.05, 4.69) is 14.8 Å². The number of benzene rings is 1. The normalized spacial score (nSPS) is 13.0. The number of carbonyl (C=O) groups is 1. The largest absolute Gasteiger partial charge is 0.465 e. The molecule has 0 spiro atoms. The molecule has 1 unspecified atom stereocenters. The molecule has 1 rings (SSSR count). The van der Waals surface area contributed by atoms with Crippen molar-refractivity contribution in [3.05, 3.63) is 29.6 Å². The molecule has 20 heavy (non-hydrogen) atoms. The van der Waals surface area contributed by atoms with Crippen LogP contribution in [0.25, 0.3) is 0 Å². The first-order valence-corrected chi connectivity index (χ1v) is 7.35. The third-order valence-corrected chi connectivity index (χ3v) is 4.17. The first kappa shape index (κ1) is 16.5. The standard InChI is InChI=1S/C12H17FN2O4S/c1-8(14-2)7-15-20(17,18)11-6-9(13)4-5-10(11)12(16)19-3/h4-6,8,14-15H,7H2,1-3H3. The first-order chi connectivity index (χ1) is 9.31. The second-order valence-corrected chi connectivity index (χ2v) is 5.91. The average molecular weight is 304 g/mol. The lowest BCUT2D eigenvalue weighted by atomic mass is 10.2. The van der Waals surface area contributed by atoms with Gasteiger partial charge < -0.3 is 10.1 Å². The Labute approximate surface area is 117 Å². The van der Waals surface area contributed by atoms with Crippen LogP contribution in [0.5, 0.6) is 0 Å². The molecule has 1 atom stereocenters. The van der Waals surface area contributed by atoms with E-state index >= 15 is 0 Å². The van der Waals surface area contributed by atoms with E-state index in [1.807, 2.05) is 0 Å². The Morgan fingerprint density at radius 3 is 2.65 bits per heavy atom. The van der Waals surface area contributed by atoms with Crippen LogP contribution in [0.1, 0.15) is 17.3 Å². The van der Waals surface area contributed by atoms with Gasteiger partial charge in [-0.2, -0.15) is 0 Å². The van der Waals surface area contributed by atoms with E-state index in [0.717, 1.165) is 25.3 Å². The first-order valence-electron chi connectivity index (χ1n) is 5.86. The van der Waals surface area contributed by atoms with Gasteiger partial charge in [0.25, 0.3) is 0 Å². The summed E-state index contributed by atoms with van der Waals surface area (Å²) in [6, 6.07) is 2.76. The minimum Gasteiger partial charge on any atom is -0.465 e. The molecule has 0 aliphatic heterocycles. The molecular formula is C12H17FN2O4S. The molecule has 6 nitrogen and oxygen atoms in total. The minimum absolute atomic E-state index is 0.107. The van der Waals surface area contributed by atoms with Crippen LogP contribution in [0.2, 0.25) is 0 Å². The Hall–Kier alpha value is -1.51. The third-order valence-electron chi connectivity index (χ3n) is 2.71. The summed E-state index contributed by atoms with van der Waals surface area (Å²) in [5, 5.41) is 2.86. The van der Waals surface area contributed by atoms with E-state index in [1.165, 1.54) is 0 Å². The third kappa shape index (κ3) is 3.99. The molecule has 0 saturated heterocycles. The van der Waals surface area contributed by atoms with Gasteiger partial charge in [-0.3, -0.25) is 0 Å². The van der Waals surface area contributed by atoms with Crippen molar-refractivity contribution in [2.45, 2.75) is 17.9 Å². The molecule has 0 bridgehead atoms. The van der Waals surface area contributed by atoms with Crippen LogP contribution in [0.15, 0.2) is 23.1 Å². The fourth-order valence-electron chi connectivity index (χ4n) is 1.41. The molecule has 112 valence electrons. The molecular weight excluding hydrogens is 287 g/mol. The van der Waals surface area contributed by atoms with Crippen molar-refractivity contribution >= 4 is 16.0 Å². The Morgan fingerprint density at radius 1 is 1.45 bits per heavy atom. The van der Waals surface area contributed by atoms with Crippen molar-refractivity contribution in [1.82, 2.24) is 10.0 Å². The summed E-state index contributed by atoms with van der Waals surface area (Å²) < 4.78 is 44.3. The zero-order chi connectivity index (χ0) is 15.3. The lowest BCUT2D eigenvalue weighted by Gasteiger charge is -2.13. The fraction of sp³-hybridized carbons (Fsp3) is 0.417. The molecule has 0 radical (unpaired) electrons. The van der Waals surface area contributed by atoms with E-state index in [4.69, 9.17) is 0 Å². The van der Waals surface area contributed by atoms with Crippen LogP contribution in [-0.4, -0.2) is 41.1 Å². The lowest BCUT2D eigenvalue weighted by molar-refractivity contribution is 0.0596. The maximum absolute atomic E-state index is 13.3. The zero-order valence-electron chi connectivity index (χ0n) is 11.4. The van der Waals surface area contributed by atoms with Crippen LogP contribution >= 0.6 is 0 Å². The van der Waals surface area contributed by atoms with Crippen LogP contribution in [-0.2, 0) is 14.8 Å². The Morgan fingerprint density at radius 2 is 2.10 bits per heavy atom. The van der Waals surface area contributed by atoms with Crippen LogP contribution < -0.4 is 10.0 Å². The van der Waals surface area contributed by atoms with Gasteiger partial charge in [0.2, 0.25) is 10.0 Å². The molecule has 0 aliphatic carbocycles. The van der Waals surface area contributed by atoms with Gasteiger partial charge in [-0.25, -0.2) is 22.3 Å². The quantitative estimate of drug-likeness (QED) is 0.748. The molecule has 0 fully saturated rings. The summed E-state index contributed by atoms with van der Waals surface area (Å²) in [6.07, 6.45) is 0. The van der Waals surface area contributed by atoms with Gasteiger partial charge in [0.05, 0.1) is 17.6 Å². The molecule has 2 N–H and O–H groups in total. The van der Waals surface area contributed by atoms with Gasteiger partial charge >= 0.3 is 5.97 Å². The fourth-order valence-corrected chi connectivity index (χ4v) is 2.75. The summed E-state index contributed by atoms with van der Waals surface area (Å²) in [7, 11) is -1.20. The van der Waals surface area contributed by atoms with Crippen molar-refractivity contribution in [2.75, 3.05) is 20.7 Å². The Balaban J connectivity index is 3.16. The van der Waals surface area contributed by atoms with Crippen molar-refractivity contribution in [3.63, 3.8) is 0 Å². The van der Waals surface area contributed by atoms with Crippen LogP contribution in [0.3, 0.4) is 0 Å². The number of carbonyl (C=O) groups excluding carboxylic acids is 1. The summed E-state index contributed by atoms with van der Waals surface area (Å²) >= 11 is 0. The van der Waals surface area contributed by atoms with E-state index in [-0.39, 0.29) is 18.2 Å². The highest BCUT2D eigenvalue weighted by Gasteiger charge is 2.24. The predicted octanol–water partition coefficient (Wildman–Crippen LogP) is 0.498. The second-order valence-electron chi connectivity index (χ2n) is 4.17. The topological polar surface area (TPSA) is 84.5 Å². The van der Waals surface area contributed by atoms with Crippen LogP contribution in [0.4, 0.5) is 4.39 Å². The molecule has 0 aromatic heterocycles. The number of sulfonamides is 1. The number of methoxy groups -OCH3 is 1. The van der Waals surface area contributed by atoms with E-state index in [9.17, 15) is 17.6 Å². The van der Waals surface area contributed by atoms with Gasteiger partial charge in [0.1, 0.15) is 5.82 Å². The highest BCUT2D eigenvalue weighted by Crippen LogP contribution is 2.18. The van der Waals surface area contributed by atoms with E-state index in [1.54, 1.807) is 14.0 Å². The summed E-state index contributed by atoms with van der Waals surface area (Å²) in [6.45, 7) is 1.88. The molecule has 0 aliphatic rings. The number of esters is 1. The molecule has 8 heteroatoms. The lowest BCUT2D eigenvalue weighted by Crippen LogP contribution is -2.37.